The highest BCUT2D eigenvalue weighted by Crippen LogP contribution is 2.20. The summed E-state index contributed by atoms with van der Waals surface area (Å²) in [5, 5.41) is 10.3. The Morgan fingerprint density at radius 3 is 2.62 bits per heavy atom. The van der Waals surface area contributed by atoms with Crippen LogP contribution in [0.4, 0.5) is 0 Å². The number of hydrogen-bond donors (Lipinski definition) is 1. The third-order valence-corrected chi connectivity index (χ3v) is 6.64. The van der Waals surface area contributed by atoms with E-state index in [0.717, 1.165) is 22.6 Å². The summed E-state index contributed by atoms with van der Waals surface area (Å²) in [6.07, 6.45) is 6.26. The van der Waals surface area contributed by atoms with Crippen molar-refractivity contribution in [2.45, 2.75) is 40.2 Å². The summed E-state index contributed by atoms with van der Waals surface area (Å²) in [6.45, 7) is 6.38. The standard InChI is InChI=1S/C27H29N7O3/c1-5-23(37-4)24-21(13-28-25(24)17(2)34-16-29-18(3)30-34)26(35)27(36)32-12-11-22-19(14-32)15-33(31-22)20-9-7-6-8-10-20/h6-10,13,15-16,28H,5,11-12,14H2,1-4H3/b24-23+,25-17-. The van der Waals surface area contributed by atoms with Crippen LogP contribution in [-0.4, -0.2) is 59.8 Å². The van der Waals surface area contributed by atoms with Gasteiger partial charge in [-0.15, -0.1) is 0 Å². The zero-order valence-electron chi connectivity index (χ0n) is 21.4. The summed E-state index contributed by atoms with van der Waals surface area (Å²) in [5.41, 5.74) is 3.85. The number of benzene rings is 1. The SMILES string of the molecule is CC/C(OC)=c1/c(C(=O)C(=O)N2CCc3nn(-c4ccccc4)cc3C2)c[nH]/c1=C(/C)n1cnc(C)n1. The van der Waals surface area contributed by atoms with Crippen LogP contribution < -0.4 is 10.6 Å². The molecular formula is C27H29N7O3. The van der Waals surface area contributed by atoms with Crippen LogP contribution in [0.2, 0.25) is 0 Å². The molecule has 10 heteroatoms. The molecule has 4 aromatic rings. The summed E-state index contributed by atoms with van der Waals surface area (Å²) in [4.78, 5) is 36.0. The molecule has 0 radical (unpaired) electrons. The lowest BCUT2D eigenvalue weighted by molar-refractivity contribution is -0.127. The Morgan fingerprint density at radius 2 is 1.95 bits per heavy atom. The van der Waals surface area contributed by atoms with E-state index in [1.165, 1.54) is 0 Å². The maximum absolute atomic E-state index is 13.6. The second-order valence-electron chi connectivity index (χ2n) is 8.94. The Morgan fingerprint density at radius 1 is 1.16 bits per heavy atom. The number of H-pyrrole nitrogens is 1. The first-order valence-corrected chi connectivity index (χ1v) is 12.2. The lowest BCUT2D eigenvalue weighted by Crippen LogP contribution is -2.42. The van der Waals surface area contributed by atoms with Crippen molar-refractivity contribution in [3.63, 3.8) is 0 Å². The minimum atomic E-state index is -0.582. The smallest absolute Gasteiger partial charge is 0.295 e. The number of aromatic nitrogens is 6. The van der Waals surface area contributed by atoms with E-state index >= 15 is 0 Å². The number of carbonyl (C=O) groups excluding carboxylic acids is 2. The first-order valence-electron chi connectivity index (χ1n) is 12.2. The molecule has 0 atom stereocenters. The van der Waals surface area contributed by atoms with Crippen LogP contribution in [0.25, 0.3) is 17.1 Å². The number of carbonyl (C=O) groups is 2. The quantitative estimate of drug-likeness (QED) is 0.319. The van der Waals surface area contributed by atoms with Crippen LogP contribution in [0.1, 0.15) is 47.7 Å². The van der Waals surface area contributed by atoms with Crippen LogP contribution in [0, 0.1) is 6.92 Å². The van der Waals surface area contributed by atoms with Gasteiger partial charge in [-0.3, -0.25) is 9.59 Å². The van der Waals surface area contributed by atoms with E-state index in [0.29, 0.717) is 48.1 Å². The first-order chi connectivity index (χ1) is 17.9. The molecule has 1 aliphatic rings. The van der Waals surface area contributed by atoms with Crippen LogP contribution in [0.15, 0.2) is 49.1 Å². The molecule has 10 nitrogen and oxygen atoms in total. The van der Waals surface area contributed by atoms with Crippen LogP contribution in [0.5, 0.6) is 0 Å². The Balaban J connectivity index is 1.49. The highest BCUT2D eigenvalue weighted by molar-refractivity contribution is 6.42. The zero-order chi connectivity index (χ0) is 26.1. The number of ether oxygens (including phenoxy) is 1. The third kappa shape index (κ3) is 4.46. The molecule has 1 aromatic carbocycles. The van der Waals surface area contributed by atoms with Gasteiger partial charge in [0.1, 0.15) is 17.9 Å². The summed E-state index contributed by atoms with van der Waals surface area (Å²) in [6, 6.07) is 9.83. The number of fused-ring (bicyclic) bond motifs is 1. The molecule has 4 heterocycles. The lowest BCUT2D eigenvalue weighted by Gasteiger charge is -2.25. The number of rotatable bonds is 6. The topological polar surface area (TPSA) is 111 Å². The molecule has 190 valence electrons. The van der Waals surface area contributed by atoms with Crippen molar-refractivity contribution in [3.8, 4) is 5.69 Å². The molecule has 0 bridgehead atoms. The van der Waals surface area contributed by atoms with Gasteiger partial charge in [0.15, 0.2) is 0 Å². The van der Waals surface area contributed by atoms with Gasteiger partial charge < -0.3 is 14.6 Å². The Kier molecular flexibility index (Phi) is 6.47. The third-order valence-electron chi connectivity index (χ3n) is 6.64. The van der Waals surface area contributed by atoms with E-state index in [-0.39, 0.29) is 5.56 Å². The van der Waals surface area contributed by atoms with Gasteiger partial charge in [0.25, 0.3) is 11.7 Å². The Labute approximate surface area is 213 Å². The van der Waals surface area contributed by atoms with Gasteiger partial charge in [-0.2, -0.15) is 10.2 Å². The van der Waals surface area contributed by atoms with Gasteiger partial charge in [-0.25, -0.2) is 14.3 Å². The Bertz CT molecular complexity index is 1590. The number of para-hydroxylation sites is 1. The van der Waals surface area contributed by atoms with Crippen molar-refractivity contribution < 1.29 is 14.3 Å². The highest BCUT2D eigenvalue weighted by atomic mass is 16.5. The number of amides is 1. The molecule has 5 rings (SSSR count). The number of methoxy groups -OCH3 is 1. The summed E-state index contributed by atoms with van der Waals surface area (Å²) < 4.78 is 9.09. The largest absolute Gasteiger partial charge is 0.500 e. The number of nitrogens with zero attached hydrogens (tertiary/aromatic N) is 6. The van der Waals surface area contributed by atoms with Crippen molar-refractivity contribution >= 4 is 23.1 Å². The molecule has 0 saturated carbocycles. The molecule has 3 aromatic heterocycles. The average Bonchev–Trinajstić information content (AvgIpc) is 3.66. The van der Waals surface area contributed by atoms with E-state index in [4.69, 9.17) is 4.74 Å². The molecular weight excluding hydrogens is 470 g/mol. The Hall–Kier alpha value is -4.47. The van der Waals surface area contributed by atoms with E-state index in [1.807, 2.05) is 55.1 Å². The first kappa shape index (κ1) is 24.2. The lowest BCUT2D eigenvalue weighted by atomic mass is 10.1. The fraction of sp³-hybridized carbons (Fsp3) is 0.296. The van der Waals surface area contributed by atoms with E-state index < -0.39 is 11.7 Å². The van der Waals surface area contributed by atoms with Crippen molar-refractivity contribution in [2.24, 2.45) is 0 Å². The second-order valence-corrected chi connectivity index (χ2v) is 8.94. The molecule has 0 spiro atoms. The van der Waals surface area contributed by atoms with Crippen molar-refractivity contribution in [3.05, 3.63) is 82.3 Å². The van der Waals surface area contributed by atoms with Crippen LogP contribution in [-0.2, 0) is 22.5 Å². The monoisotopic (exact) mass is 499 g/mol. The van der Waals surface area contributed by atoms with Gasteiger partial charge in [0, 0.05) is 43.9 Å². The molecule has 1 amide bonds. The van der Waals surface area contributed by atoms with Crippen molar-refractivity contribution in [1.82, 2.24) is 34.4 Å². The second kappa shape index (κ2) is 9.88. The number of nitrogens with one attached hydrogen (secondary N) is 1. The molecule has 0 saturated heterocycles. The van der Waals surface area contributed by atoms with E-state index in [9.17, 15) is 9.59 Å². The van der Waals surface area contributed by atoms with E-state index in [2.05, 4.69) is 20.2 Å². The summed E-state index contributed by atoms with van der Waals surface area (Å²) in [7, 11) is 1.57. The molecule has 37 heavy (non-hydrogen) atoms. The number of hydrogen-bond acceptors (Lipinski definition) is 6. The normalized spacial score (nSPS) is 14.8. The van der Waals surface area contributed by atoms with Gasteiger partial charge >= 0.3 is 0 Å². The minimum absolute atomic E-state index is 0.278. The predicted molar refractivity (Wildman–Crippen MR) is 137 cm³/mol. The molecule has 0 fully saturated rings. The maximum Gasteiger partial charge on any atom is 0.295 e. The molecule has 0 aliphatic carbocycles. The summed E-state index contributed by atoms with van der Waals surface area (Å²) in [5.74, 6) is 0.103. The molecule has 1 N–H and O–H groups in total. The fourth-order valence-corrected chi connectivity index (χ4v) is 4.68. The van der Waals surface area contributed by atoms with Gasteiger partial charge in [0.2, 0.25) is 0 Å². The number of aryl methyl sites for hydroxylation is 1. The molecule has 1 aliphatic heterocycles. The summed E-state index contributed by atoms with van der Waals surface area (Å²) >= 11 is 0. The van der Waals surface area contributed by atoms with Crippen LogP contribution in [0.3, 0.4) is 0 Å². The molecule has 0 unspecified atom stereocenters. The average molecular weight is 500 g/mol. The number of Topliss-reactive ketones (excluding diaryl/α,β-unsaturated/α-hetero) is 1. The van der Waals surface area contributed by atoms with Gasteiger partial charge in [0.05, 0.1) is 40.3 Å². The van der Waals surface area contributed by atoms with Crippen molar-refractivity contribution in [1.29, 1.82) is 0 Å². The van der Waals surface area contributed by atoms with Gasteiger partial charge in [-0.1, -0.05) is 25.1 Å². The fourth-order valence-electron chi connectivity index (χ4n) is 4.68. The highest BCUT2D eigenvalue weighted by Gasteiger charge is 2.30. The van der Waals surface area contributed by atoms with Gasteiger partial charge in [-0.05, 0) is 26.0 Å². The number of ketones is 1. The van der Waals surface area contributed by atoms with E-state index in [1.54, 1.807) is 36.1 Å². The maximum atomic E-state index is 13.6. The minimum Gasteiger partial charge on any atom is -0.500 e. The number of aromatic amines is 1. The predicted octanol–water partition coefficient (Wildman–Crippen LogP) is 1.71. The van der Waals surface area contributed by atoms with Crippen LogP contribution >= 0.6 is 0 Å². The zero-order valence-corrected chi connectivity index (χ0v) is 21.4. The van der Waals surface area contributed by atoms with Crippen molar-refractivity contribution in [2.75, 3.05) is 13.7 Å².